The van der Waals surface area contributed by atoms with E-state index in [9.17, 15) is 18.3 Å². The van der Waals surface area contributed by atoms with Crippen LogP contribution in [-0.2, 0) is 12.7 Å². The second kappa shape index (κ2) is 7.64. The number of anilines is 2. The fourth-order valence-electron chi connectivity index (χ4n) is 3.96. The third-order valence-corrected chi connectivity index (χ3v) is 5.88. The van der Waals surface area contributed by atoms with E-state index >= 15 is 0 Å². The number of nitrogens with one attached hydrogen (secondary N) is 1. The zero-order chi connectivity index (χ0) is 22.4. The van der Waals surface area contributed by atoms with Crippen molar-refractivity contribution in [3.63, 3.8) is 0 Å². The van der Waals surface area contributed by atoms with Crippen molar-refractivity contribution in [3.8, 4) is 0 Å². The molecule has 3 aromatic rings. The topological polar surface area (TPSA) is 74.2 Å². The molecule has 0 unspecified atom stereocenters. The molecule has 1 aliphatic heterocycles. The molecule has 1 aromatic carbocycles. The molecule has 0 amide bonds. The number of aryl methyl sites for hydroxylation is 1. The molecule has 1 fully saturated rings. The Balaban J connectivity index is 1.63. The summed E-state index contributed by atoms with van der Waals surface area (Å²) in [5.41, 5.74) is 0.686. The van der Waals surface area contributed by atoms with Gasteiger partial charge in [-0.25, -0.2) is 4.98 Å². The van der Waals surface area contributed by atoms with Crippen molar-refractivity contribution in [2.24, 2.45) is 5.41 Å². The van der Waals surface area contributed by atoms with E-state index in [1.165, 1.54) is 13.0 Å². The number of aliphatic hydroxyl groups excluding tert-OH is 1. The van der Waals surface area contributed by atoms with Crippen LogP contribution in [-0.4, -0.2) is 40.0 Å². The fraction of sp³-hybridized carbons (Fsp3) is 0.409. The minimum Gasteiger partial charge on any atom is -0.396 e. The molecule has 3 heterocycles. The lowest BCUT2D eigenvalue weighted by Crippen LogP contribution is -2.57. The summed E-state index contributed by atoms with van der Waals surface area (Å²) >= 11 is 0. The smallest absolute Gasteiger partial charge is 0.396 e. The molecule has 0 atom stereocenters. The molecular weight excluding hydrogens is 407 g/mol. The SMILES string of the molecule is Cc1c(CNc2nnc(C)c3cnc(N4CC(C)(CO)C4)cc23)cccc1C(F)(F)F. The third-order valence-electron chi connectivity index (χ3n) is 5.88. The van der Waals surface area contributed by atoms with Gasteiger partial charge in [-0.1, -0.05) is 19.1 Å². The Kier molecular flexibility index (Phi) is 5.25. The summed E-state index contributed by atoms with van der Waals surface area (Å²) in [4.78, 5) is 6.60. The molecule has 31 heavy (non-hydrogen) atoms. The minimum atomic E-state index is -4.39. The van der Waals surface area contributed by atoms with E-state index in [4.69, 9.17) is 0 Å². The molecule has 2 N–H and O–H groups in total. The molecule has 0 radical (unpaired) electrons. The van der Waals surface area contributed by atoms with Crippen LogP contribution in [0.3, 0.4) is 0 Å². The van der Waals surface area contributed by atoms with Crippen LogP contribution in [0.4, 0.5) is 24.8 Å². The first-order valence-corrected chi connectivity index (χ1v) is 10.00. The molecule has 0 saturated carbocycles. The van der Waals surface area contributed by atoms with E-state index in [-0.39, 0.29) is 24.1 Å². The number of hydrogen-bond acceptors (Lipinski definition) is 6. The average Bonchev–Trinajstić information content (AvgIpc) is 2.71. The van der Waals surface area contributed by atoms with Crippen LogP contribution in [0.25, 0.3) is 10.8 Å². The number of benzene rings is 1. The molecule has 9 heteroatoms. The molecule has 4 rings (SSSR count). The predicted octanol–water partition coefficient (Wildman–Crippen LogP) is 4.09. The van der Waals surface area contributed by atoms with Crippen LogP contribution in [0.15, 0.2) is 30.5 Å². The maximum Gasteiger partial charge on any atom is 0.416 e. The standard InChI is InChI=1S/C22H24F3N5O/c1-13-15(5-4-6-18(13)22(23,24)25)8-27-20-16-7-19(30-10-21(3,11-30)12-31)26-9-17(16)14(2)28-29-20/h4-7,9,31H,8,10-12H2,1-3H3,(H,27,29). The monoisotopic (exact) mass is 431 g/mol. The molecule has 0 aliphatic carbocycles. The van der Waals surface area contributed by atoms with Gasteiger partial charge in [0.25, 0.3) is 0 Å². The van der Waals surface area contributed by atoms with Gasteiger partial charge in [0.2, 0.25) is 0 Å². The van der Waals surface area contributed by atoms with Gasteiger partial charge in [0, 0.05) is 42.0 Å². The lowest BCUT2D eigenvalue weighted by atomic mass is 9.83. The number of aliphatic hydroxyl groups is 1. The Morgan fingerprint density at radius 3 is 2.58 bits per heavy atom. The van der Waals surface area contributed by atoms with Crippen molar-refractivity contribution >= 4 is 22.4 Å². The van der Waals surface area contributed by atoms with Gasteiger partial charge in [0.1, 0.15) is 5.82 Å². The highest BCUT2D eigenvalue weighted by Crippen LogP contribution is 2.36. The zero-order valence-electron chi connectivity index (χ0n) is 17.6. The maximum atomic E-state index is 13.2. The normalized spacial score (nSPS) is 15.8. The van der Waals surface area contributed by atoms with Crippen LogP contribution in [0.5, 0.6) is 0 Å². The van der Waals surface area contributed by atoms with Gasteiger partial charge in [-0.05, 0) is 37.1 Å². The van der Waals surface area contributed by atoms with Gasteiger partial charge < -0.3 is 15.3 Å². The number of aromatic nitrogens is 3. The number of pyridine rings is 1. The number of rotatable bonds is 5. The maximum absolute atomic E-state index is 13.2. The number of fused-ring (bicyclic) bond motifs is 1. The van der Waals surface area contributed by atoms with Crippen LogP contribution in [0.1, 0.15) is 29.3 Å². The fourth-order valence-corrected chi connectivity index (χ4v) is 3.96. The summed E-state index contributed by atoms with van der Waals surface area (Å²) in [5.74, 6) is 1.26. The van der Waals surface area contributed by atoms with Crippen molar-refractivity contribution in [2.75, 3.05) is 29.9 Å². The third kappa shape index (κ3) is 4.01. The van der Waals surface area contributed by atoms with Crippen molar-refractivity contribution in [1.82, 2.24) is 15.2 Å². The number of hydrogen-bond donors (Lipinski definition) is 2. The van der Waals surface area contributed by atoms with E-state index in [2.05, 4.69) is 25.4 Å². The van der Waals surface area contributed by atoms with E-state index in [1.807, 2.05) is 19.9 Å². The zero-order valence-corrected chi connectivity index (χ0v) is 17.6. The van der Waals surface area contributed by atoms with E-state index in [0.717, 1.165) is 28.4 Å². The summed E-state index contributed by atoms with van der Waals surface area (Å²) in [5, 5.41) is 22.7. The van der Waals surface area contributed by atoms with Crippen molar-refractivity contribution < 1.29 is 18.3 Å². The predicted molar refractivity (Wildman–Crippen MR) is 113 cm³/mol. The quantitative estimate of drug-likeness (QED) is 0.634. The largest absolute Gasteiger partial charge is 0.416 e. The molecule has 0 bridgehead atoms. The van der Waals surface area contributed by atoms with Gasteiger partial charge in [-0.15, -0.1) is 5.10 Å². The molecule has 0 spiro atoms. The number of halogens is 3. The van der Waals surface area contributed by atoms with Crippen molar-refractivity contribution in [2.45, 2.75) is 33.5 Å². The Bertz CT molecular complexity index is 1130. The molecular formula is C22H24F3N5O. The van der Waals surface area contributed by atoms with Crippen molar-refractivity contribution in [3.05, 3.63) is 52.8 Å². The van der Waals surface area contributed by atoms with E-state index in [0.29, 0.717) is 24.5 Å². The average molecular weight is 431 g/mol. The summed E-state index contributed by atoms with van der Waals surface area (Å²) in [6.07, 6.45) is -2.65. The van der Waals surface area contributed by atoms with Crippen LogP contribution >= 0.6 is 0 Å². The van der Waals surface area contributed by atoms with Gasteiger partial charge >= 0.3 is 6.18 Å². The van der Waals surface area contributed by atoms with E-state index in [1.54, 1.807) is 12.3 Å². The Hall–Kier alpha value is -2.94. The van der Waals surface area contributed by atoms with Gasteiger partial charge in [-0.2, -0.15) is 18.3 Å². The van der Waals surface area contributed by atoms with Gasteiger partial charge in [-0.3, -0.25) is 0 Å². The first kappa shape index (κ1) is 21.3. The second-order valence-corrected chi connectivity index (χ2v) is 8.49. The Labute approximate surface area is 178 Å². The van der Waals surface area contributed by atoms with Crippen LogP contribution in [0, 0.1) is 19.3 Å². The second-order valence-electron chi connectivity index (χ2n) is 8.49. The summed E-state index contributed by atoms with van der Waals surface area (Å²) in [6, 6.07) is 6.08. The van der Waals surface area contributed by atoms with Gasteiger partial charge in [0.15, 0.2) is 5.82 Å². The van der Waals surface area contributed by atoms with Gasteiger partial charge in [0.05, 0.1) is 17.9 Å². The molecule has 164 valence electrons. The molecule has 1 saturated heterocycles. The molecule has 2 aromatic heterocycles. The summed E-state index contributed by atoms with van der Waals surface area (Å²) in [6.45, 7) is 7.03. The number of alkyl halides is 3. The highest BCUT2D eigenvalue weighted by molar-refractivity contribution is 5.94. The summed E-state index contributed by atoms with van der Waals surface area (Å²) < 4.78 is 39.6. The van der Waals surface area contributed by atoms with E-state index < -0.39 is 11.7 Å². The lowest BCUT2D eigenvalue weighted by molar-refractivity contribution is -0.138. The number of nitrogens with zero attached hydrogens (tertiary/aromatic N) is 4. The van der Waals surface area contributed by atoms with Crippen LogP contribution in [0.2, 0.25) is 0 Å². The Morgan fingerprint density at radius 1 is 1.16 bits per heavy atom. The first-order valence-electron chi connectivity index (χ1n) is 10.00. The van der Waals surface area contributed by atoms with Crippen molar-refractivity contribution in [1.29, 1.82) is 0 Å². The molecule has 1 aliphatic rings. The summed E-state index contributed by atoms with van der Waals surface area (Å²) in [7, 11) is 0. The first-order chi connectivity index (χ1) is 14.6. The lowest BCUT2D eigenvalue weighted by Gasteiger charge is -2.47. The Morgan fingerprint density at radius 2 is 1.90 bits per heavy atom. The molecule has 6 nitrogen and oxygen atoms in total. The van der Waals surface area contributed by atoms with Crippen LogP contribution < -0.4 is 10.2 Å². The highest BCUT2D eigenvalue weighted by Gasteiger charge is 2.39. The highest BCUT2D eigenvalue weighted by atomic mass is 19.4. The minimum absolute atomic E-state index is 0.116.